The van der Waals surface area contributed by atoms with Gasteiger partial charge in [-0.3, -0.25) is 4.79 Å². The summed E-state index contributed by atoms with van der Waals surface area (Å²) in [5.41, 5.74) is 2.45. The van der Waals surface area contributed by atoms with Crippen molar-refractivity contribution < 1.29 is 14.3 Å². The van der Waals surface area contributed by atoms with Crippen LogP contribution in [0.2, 0.25) is 0 Å². The highest BCUT2D eigenvalue weighted by atomic mass is 16.5. The fraction of sp³-hybridized carbons (Fsp3) is 0.450. The molecule has 0 saturated carbocycles. The molecule has 0 bridgehead atoms. The molecule has 0 aromatic heterocycles. The maximum absolute atomic E-state index is 11.9. The van der Waals surface area contributed by atoms with Gasteiger partial charge < -0.3 is 14.8 Å². The van der Waals surface area contributed by atoms with Gasteiger partial charge in [-0.1, -0.05) is 19.1 Å². The molecular weight excluding hydrogens is 302 g/mol. The van der Waals surface area contributed by atoms with Gasteiger partial charge in [0, 0.05) is 30.0 Å². The van der Waals surface area contributed by atoms with Gasteiger partial charge in [0.1, 0.15) is 11.5 Å². The van der Waals surface area contributed by atoms with Crippen molar-refractivity contribution in [3.05, 3.63) is 35.4 Å². The third-order valence-electron chi connectivity index (χ3n) is 4.86. The summed E-state index contributed by atoms with van der Waals surface area (Å²) < 4.78 is 11.2. The fourth-order valence-electron chi connectivity index (χ4n) is 3.72. The lowest BCUT2D eigenvalue weighted by Crippen LogP contribution is -2.29. The second kappa shape index (κ2) is 7.12. The first kappa shape index (κ1) is 16.6. The summed E-state index contributed by atoms with van der Waals surface area (Å²) in [4.78, 5) is 11.9. The molecule has 1 N–H and O–H groups in total. The normalized spacial score (nSPS) is 16.0. The zero-order valence-corrected chi connectivity index (χ0v) is 14.6. The second-order valence-corrected chi connectivity index (χ2v) is 6.32. The summed E-state index contributed by atoms with van der Waals surface area (Å²) in [6.45, 7) is 2.68. The first-order chi connectivity index (χ1) is 11.7. The van der Waals surface area contributed by atoms with Crippen LogP contribution in [0.1, 0.15) is 43.2 Å². The fourth-order valence-corrected chi connectivity index (χ4v) is 3.72. The molecule has 4 nitrogen and oxygen atoms in total. The molecule has 1 aliphatic carbocycles. The Morgan fingerprint density at radius 1 is 1.17 bits per heavy atom. The number of hydrogen-bond acceptors (Lipinski definition) is 3. The lowest BCUT2D eigenvalue weighted by atomic mass is 9.80. The standard InChI is InChI=1S/C20H25NO3/c1-4-5-18(22)21-12-14-6-9-15-16(23-2)10-7-13-8-11-17(24-3)20(14)19(13)15/h7-8,10-11,14H,4-6,9,12H2,1-3H3,(H,21,22)/t14-/m0/s1. The zero-order valence-electron chi connectivity index (χ0n) is 14.6. The molecule has 2 aromatic rings. The molecule has 4 heteroatoms. The Morgan fingerprint density at radius 2 is 1.88 bits per heavy atom. The predicted octanol–water partition coefficient (Wildman–Crippen LogP) is 3.80. The number of nitrogens with one attached hydrogen (secondary N) is 1. The summed E-state index contributed by atoms with van der Waals surface area (Å²) in [6.07, 6.45) is 3.39. The van der Waals surface area contributed by atoms with Crippen LogP contribution in [0.25, 0.3) is 10.8 Å². The quantitative estimate of drug-likeness (QED) is 0.878. The number of aryl methyl sites for hydroxylation is 1. The van der Waals surface area contributed by atoms with Crippen molar-refractivity contribution in [3.8, 4) is 11.5 Å². The van der Waals surface area contributed by atoms with Gasteiger partial charge in [-0.25, -0.2) is 0 Å². The molecule has 3 rings (SSSR count). The van der Waals surface area contributed by atoms with Gasteiger partial charge in [0.15, 0.2) is 0 Å². The summed E-state index contributed by atoms with van der Waals surface area (Å²) in [5, 5.41) is 5.51. The van der Waals surface area contributed by atoms with E-state index >= 15 is 0 Å². The van der Waals surface area contributed by atoms with Crippen molar-refractivity contribution in [2.75, 3.05) is 20.8 Å². The number of amides is 1. The Bertz CT molecular complexity index is 749. The number of carbonyl (C=O) groups excluding carboxylic acids is 1. The Balaban J connectivity index is 2.03. The Hall–Kier alpha value is -2.23. The van der Waals surface area contributed by atoms with E-state index in [0.717, 1.165) is 30.8 Å². The van der Waals surface area contributed by atoms with Crippen LogP contribution in [0.4, 0.5) is 0 Å². The summed E-state index contributed by atoms with van der Waals surface area (Å²) >= 11 is 0. The van der Waals surface area contributed by atoms with Gasteiger partial charge in [-0.2, -0.15) is 0 Å². The summed E-state index contributed by atoms with van der Waals surface area (Å²) in [7, 11) is 3.42. The number of methoxy groups -OCH3 is 2. The first-order valence-electron chi connectivity index (χ1n) is 8.62. The van der Waals surface area contributed by atoms with Gasteiger partial charge in [0.05, 0.1) is 14.2 Å². The van der Waals surface area contributed by atoms with Crippen LogP contribution in [0.3, 0.4) is 0 Å². The number of hydrogen-bond donors (Lipinski definition) is 1. The topological polar surface area (TPSA) is 47.6 Å². The molecule has 1 atom stereocenters. The number of carbonyl (C=O) groups is 1. The third-order valence-corrected chi connectivity index (χ3v) is 4.86. The van der Waals surface area contributed by atoms with E-state index in [9.17, 15) is 4.79 Å². The highest BCUT2D eigenvalue weighted by Crippen LogP contribution is 2.44. The SMILES string of the molecule is CCCC(=O)NC[C@@H]1CCc2c(OC)ccc3ccc(OC)c1c23. The van der Waals surface area contributed by atoms with E-state index in [1.54, 1.807) is 14.2 Å². The Morgan fingerprint density at radius 3 is 2.54 bits per heavy atom. The van der Waals surface area contributed by atoms with Gasteiger partial charge in [0.2, 0.25) is 5.91 Å². The maximum atomic E-state index is 11.9. The van der Waals surface area contributed by atoms with E-state index in [4.69, 9.17) is 9.47 Å². The van der Waals surface area contributed by atoms with Crippen LogP contribution in [0.15, 0.2) is 24.3 Å². The summed E-state index contributed by atoms with van der Waals surface area (Å²) in [5.74, 6) is 2.22. The van der Waals surface area contributed by atoms with Crippen LogP contribution in [-0.2, 0) is 11.2 Å². The van der Waals surface area contributed by atoms with E-state index in [0.29, 0.717) is 13.0 Å². The first-order valence-corrected chi connectivity index (χ1v) is 8.62. The Labute approximate surface area is 143 Å². The average Bonchev–Trinajstić information content (AvgIpc) is 2.61. The van der Waals surface area contributed by atoms with Crippen LogP contribution in [-0.4, -0.2) is 26.7 Å². The highest BCUT2D eigenvalue weighted by molar-refractivity contribution is 5.94. The molecule has 24 heavy (non-hydrogen) atoms. The van der Waals surface area contributed by atoms with Gasteiger partial charge in [0.25, 0.3) is 0 Å². The molecule has 2 aromatic carbocycles. The average molecular weight is 327 g/mol. The van der Waals surface area contributed by atoms with Gasteiger partial charge in [-0.15, -0.1) is 0 Å². The zero-order chi connectivity index (χ0) is 17.1. The maximum Gasteiger partial charge on any atom is 0.220 e. The molecule has 0 radical (unpaired) electrons. The number of ether oxygens (including phenoxy) is 2. The third kappa shape index (κ3) is 2.93. The minimum atomic E-state index is 0.125. The van der Waals surface area contributed by atoms with Crippen molar-refractivity contribution in [1.29, 1.82) is 0 Å². The molecule has 0 spiro atoms. The lowest BCUT2D eigenvalue weighted by Gasteiger charge is -2.29. The van der Waals surface area contributed by atoms with Crippen molar-refractivity contribution in [1.82, 2.24) is 5.32 Å². The molecule has 1 aliphatic rings. The van der Waals surface area contributed by atoms with Crippen LogP contribution >= 0.6 is 0 Å². The van der Waals surface area contributed by atoms with Gasteiger partial charge >= 0.3 is 0 Å². The van der Waals surface area contributed by atoms with E-state index in [2.05, 4.69) is 17.4 Å². The van der Waals surface area contributed by atoms with Crippen molar-refractivity contribution in [2.45, 2.75) is 38.5 Å². The predicted molar refractivity (Wildman–Crippen MR) is 96.0 cm³/mol. The van der Waals surface area contributed by atoms with Crippen LogP contribution in [0.5, 0.6) is 11.5 Å². The van der Waals surface area contributed by atoms with Crippen molar-refractivity contribution >= 4 is 16.7 Å². The minimum Gasteiger partial charge on any atom is -0.496 e. The van der Waals surface area contributed by atoms with E-state index < -0.39 is 0 Å². The lowest BCUT2D eigenvalue weighted by molar-refractivity contribution is -0.121. The molecule has 128 valence electrons. The van der Waals surface area contributed by atoms with E-state index in [1.165, 1.54) is 21.9 Å². The number of rotatable bonds is 6. The van der Waals surface area contributed by atoms with Crippen molar-refractivity contribution in [2.24, 2.45) is 0 Å². The van der Waals surface area contributed by atoms with E-state index in [1.807, 2.05) is 19.1 Å². The monoisotopic (exact) mass is 327 g/mol. The largest absolute Gasteiger partial charge is 0.496 e. The van der Waals surface area contributed by atoms with Crippen molar-refractivity contribution in [3.63, 3.8) is 0 Å². The summed E-state index contributed by atoms with van der Waals surface area (Å²) in [6, 6.07) is 8.26. The highest BCUT2D eigenvalue weighted by Gasteiger charge is 2.27. The molecule has 0 fully saturated rings. The Kier molecular flexibility index (Phi) is 4.93. The molecular formula is C20H25NO3. The molecule has 1 amide bonds. The molecule has 0 unspecified atom stereocenters. The van der Waals surface area contributed by atoms with Crippen LogP contribution in [0, 0.1) is 0 Å². The molecule has 0 heterocycles. The van der Waals surface area contributed by atoms with Crippen LogP contribution < -0.4 is 14.8 Å². The smallest absolute Gasteiger partial charge is 0.220 e. The number of benzene rings is 2. The second-order valence-electron chi connectivity index (χ2n) is 6.32. The minimum absolute atomic E-state index is 0.125. The molecule has 0 saturated heterocycles. The van der Waals surface area contributed by atoms with E-state index in [-0.39, 0.29) is 11.8 Å². The van der Waals surface area contributed by atoms with Gasteiger partial charge in [-0.05, 0) is 42.2 Å². The molecule has 0 aliphatic heterocycles.